The minimum absolute atomic E-state index is 0.857. The quantitative estimate of drug-likeness (QED) is 0.175. The Morgan fingerprint density at radius 2 is 0.843 bits per heavy atom. The van der Waals surface area contributed by atoms with E-state index in [0.717, 1.165) is 71.4 Å². The molecule has 0 N–H and O–H groups in total. The van der Waals surface area contributed by atoms with E-state index in [-0.39, 0.29) is 0 Å². The van der Waals surface area contributed by atoms with Crippen LogP contribution in [0.2, 0.25) is 0 Å². The monoisotopic (exact) mass is 650 g/mol. The summed E-state index contributed by atoms with van der Waals surface area (Å²) in [4.78, 5) is 0. The van der Waals surface area contributed by atoms with Crippen LogP contribution in [0, 0.1) is 0 Å². The summed E-state index contributed by atoms with van der Waals surface area (Å²) in [5.74, 6) is 0. The van der Waals surface area contributed by atoms with Crippen molar-refractivity contribution in [1.82, 2.24) is 0 Å². The lowest BCUT2D eigenvalue weighted by molar-refractivity contribution is 0.664. The van der Waals surface area contributed by atoms with Gasteiger partial charge in [-0.25, -0.2) is 0 Å². The van der Waals surface area contributed by atoms with Crippen molar-refractivity contribution in [3.05, 3.63) is 158 Å². The summed E-state index contributed by atoms with van der Waals surface area (Å²) in [6.45, 7) is 0. The third kappa shape index (κ3) is 3.67. The Morgan fingerprint density at radius 1 is 0.275 bits per heavy atom. The second-order valence-corrected chi connectivity index (χ2v) is 13.5. The summed E-state index contributed by atoms with van der Waals surface area (Å²) < 4.78 is 19.5. The molecular formula is C48H26O3. The summed E-state index contributed by atoms with van der Waals surface area (Å²) >= 11 is 0. The number of hydrogen-bond donors (Lipinski definition) is 0. The predicted molar refractivity (Wildman–Crippen MR) is 212 cm³/mol. The van der Waals surface area contributed by atoms with Gasteiger partial charge in [-0.2, -0.15) is 0 Å². The van der Waals surface area contributed by atoms with Crippen LogP contribution in [0.4, 0.5) is 0 Å². The summed E-state index contributed by atoms with van der Waals surface area (Å²) in [7, 11) is 0. The van der Waals surface area contributed by atoms with Gasteiger partial charge < -0.3 is 13.3 Å². The van der Waals surface area contributed by atoms with Crippen LogP contribution >= 0.6 is 0 Å². The van der Waals surface area contributed by atoms with Crippen molar-refractivity contribution in [2.75, 3.05) is 0 Å². The van der Waals surface area contributed by atoms with Gasteiger partial charge in [-0.05, 0) is 97.0 Å². The highest BCUT2D eigenvalue weighted by molar-refractivity contribution is 6.26. The van der Waals surface area contributed by atoms with Gasteiger partial charge in [0.1, 0.15) is 33.5 Å². The van der Waals surface area contributed by atoms with Crippen LogP contribution in [0.25, 0.3) is 120 Å². The molecule has 0 unspecified atom stereocenters. The van der Waals surface area contributed by atoms with Crippen molar-refractivity contribution in [3.63, 3.8) is 0 Å². The van der Waals surface area contributed by atoms with Gasteiger partial charge in [0.2, 0.25) is 0 Å². The Morgan fingerprint density at radius 3 is 1.65 bits per heavy atom. The van der Waals surface area contributed by atoms with Gasteiger partial charge >= 0.3 is 0 Å². The molecule has 236 valence electrons. The number of fused-ring (bicyclic) bond motifs is 13. The minimum Gasteiger partial charge on any atom is -0.456 e. The molecule has 9 aromatic carbocycles. The highest BCUT2D eigenvalue weighted by Gasteiger charge is 2.21. The van der Waals surface area contributed by atoms with E-state index in [4.69, 9.17) is 13.3 Å². The zero-order valence-electron chi connectivity index (χ0n) is 27.2. The largest absolute Gasteiger partial charge is 0.456 e. The van der Waals surface area contributed by atoms with Gasteiger partial charge in [0.15, 0.2) is 0 Å². The first-order valence-electron chi connectivity index (χ1n) is 17.3. The molecule has 3 nitrogen and oxygen atoms in total. The lowest BCUT2D eigenvalue weighted by Gasteiger charge is -2.18. The molecule has 0 aliphatic carbocycles. The van der Waals surface area contributed by atoms with E-state index >= 15 is 0 Å². The highest BCUT2D eigenvalue weighted by atomic mass is 16.3. The molecule has 12 aromatic rings. The normalized spacial score (nSPS) is 12.3. The maximum absolute atomic E-state index is 6.70. The number of furan rings is 3. The average Bonchev–Trinajstić information content (AvgIpc) is 3.86. The first-order chi connectivity index (χ1) is 25.3. The van der Waals surface area contributed by atoms with Gasteiger partial charge in [-0.15, -0.1) is 0 Å². The molecule has 3 aromatic heterocycles. The molecule has 0 aliphatic heterocycles. The molecule has 0 bridgehead atoms. The van der Waals surface area contributed by atoms with Crippen molar-refractivity contribution in [1.29, 1.82) is 0 Å². The summed E-state index contributed by atoms with van der Waals surface area (Å²) in [5, 5.41) is 13.8. The zero-order chi connectivity index (χ0) is 33.2. The molecular weight excluding hydrogens is 625 g/mol. The van der Waals surface area contributed by atoms with Crippen molar-refractivity contribution >= 4 is 98.1 Å². The first-order valence-corrected chi connectivity index (χ1v) is 17.3. The molecule has 0 atom stereocenters. The van der Waals surface area contributed by atoms with Crippen LogP contribution in [-0.4, -0.2) is 0 Å². The third-order valence-corrected chi connectivity index (χ3v) is 10.8. The highest BCUT2D eigenvalue weighted by Crippen LogP contribution is 2.48. The van der Waals surface area contributed by atoms with Crippen molar-refractivity contribution in [2.24, 2.45) is 0 Å². The molecule has 0 radical (unpaired) electrons. The van der Waals surface area contributed by atoms with Gasteiger partial charge in [0.25, 0.3) is 0 Å². The number of para-hydroxylation sites is 1. The lowest BCUT2D eigenvalue weighted by atomic mass is 9.85. The fourth-order valence-corrected chi connectivity index (χ4v) is 8.68. The maximum atomic E-state index is 6.70. The molecule has 0 saturated carbocycles. The standard InChI is InChI=1S/C48H26O3/c1-2-11-29-27(10-1)21-23-41-47(29)38-26-43-37(25-44(38)50-41)30-22-20-28(24-42(30)51-43)45-31-12-3-5-14-33(31)46(34-15-6-4-13-32(34)45)36-17-9-19-40-48(36)35-16-7-8-18-39(35)49-40/h1-26H. The van der Waals surface area contributed by atoms with Crippen LogP contribution in [-0.2, 0) is 0 Å². The average molecular weight is 651 g/mol. The summed E-state index contributed by atoms with van der Waals surface area (Å²) in [6, 6.07) is 55.9. The molecule has 51 heavy (non-hydrogen) atoms. The van der Waals surface area contributed by atoms with Gasteiger partial charge in [-0.3, -0.25) is 0 Å². The van der Waals surface area contributed by atoms with Crippen molar-refractivity contribution < 1.29 is 13.3 Å². The number of hydrogen-bond acceptors (Lipinski definition) is 3. The van der Waals surface area contributed by atoms with Crippen LogP contribution in [0.3, 0.4) is 0 Å². The minimum atomic E-state index is 0.857. The van der Waals surface area contributed by atoms with Gasteiger partial charge in [-0.1, -0.05) is 115 Å². The van der Waals surface area contributed by atoms with E-state index in [2.05, 4.69) is 146 Å². The summed E-state index contributed by atoms with van der Waals surface area (Å²) in [6.07, 6.45) is 0. The molecule has 12 rings (SSSR count). The lowest BCUT2D eigenvalue weighted by Crippen LogP contribution is -1.91. The molecule has 0 fully saturated rings. The Kier molecular flexibility index (Phi) is 5.23. The third-order valence-electron chi connectivity index (χ3n) is 10.8. The van der Waals surface area contributed by atoms with E-state index in [1.54, 1.807) is 0 Å². The SMILES string of the molecule is c1ccc2c(c1)ccc1oc3cc4c(cc3c12)oc1cc(-c2c3ccccc3c(-c3cccc5oc6ccccc6c35)c3ccccc23)ccc14. The van der Waals surface area contributed by atoms with E-state index in [0.29, 0.717) is 0 Å². The van der Waals surface area contributed by atoms with Crippen molar-refractivity contribution in [3.8, 4) is 22.3 Å². The fraction of sp³-hybridized carbons (Fsp3) is 0. The van der Waals surface area contributed by atoms with Crippen LogP contribution < -0.4 is 0 Å². The van der Waals surface area contributed by atoms with Crippen molar-refractivity contribution in [2.45, 2.75) is 0 Å². The number of rotatable bonds is 2. The van der Waals surface area contributed by atoms with Gasteiger partial charge in [0.05, 0.1) is 0 Å². The van der Waals surface area contributed by atoms with E-state index < -0.39 is 0 Å². The fourth-order valence-electron chi connectivity index (χ4n) is 8.68. The topological polar surface area (TPSA) is 39.4 Å². The zero-order valence-corrected chi connectivity index (χ0v) is 27.2. The Hall–Kier alpha value is -6.84. The van der Waals surface area contributed by atoms with E-state index in [1.807, 2.05) is 12.1 Å². The Balaban J connectivity index is 1.12. The first kappa shape index (κ1) is 27.0. The Labute approximate surface area is 290 Å². The second kappa shape index (κ2) is 9.87. The molecule has 3 heterocycles. The predicted octanol–water partition coefficient (Wildman–Crippen LogP) is 14.2. The van der Waals surface area contributed by atoms with Crippen LogP contribution in [0.5, 0.6) is 0 Å². The maximum Gasteiger partial charge on any atom is 0.136 e. The Bertz CT molecular complexity index is 3370. The van der Waals surface area contributed by atoms with E-state index in [9.17, 15) is 0 Å². The molecule has 3 heteroatoms. The smallest absolute Gasteiger partial charge is 0.136 e. The van der Waals surface area contributed by atoms with Crippen LogP contribution in [0.15, 0.2) is 171 Å². The summed E-state index contributed by atoms with van der Waals surface area (Å²) in [5.41, 5.74) is 9.98. The second-order valence-electron chi connectivity index (χ2n) is 13.5. The molecule has 0 aliphatic rings. The van der Waals surface area contributed by atoms with Crippen LogP contribution in [0.1, 0.15) is 0 Å². The molecule has 0 saturated heterocycles. The van der Waals surface area contributed by atoms with Gasteiger partial charge in [0, 0.05) is 32.3 Å². The van der Waals surface area contributed by atoms with E-state index in [1.165, 1.54) is 49.0 Å². The number of benzene rings is 9. The molecule has 0 amide bonds. The molecule has 0 spiro atoms.